The minimum Gasteiger partial charge on any atom is -0.345 e. The smallest absolute Gasteiger partial charge is 0.226 e. The topological polar surface area (TPSA) is 49.6 Å². The van der Waals surface area contributed by atoms with E-state index in [9.17, 15) is 4.79 Å². The van der Waals surface area contributed by atoms with Gasteiger partial charge in [-0.2, -0.15) is 0 Å². The molecule has 4 heteroatoms. The number of carbonyl (C=O) groups excluding carboxylic acids is 1. The average Bonchev–Trinajstić information content (AvgIpc) is 2.29. The highest BCUT2D eigenvalue weighted by molar-refractivity contribution is 5.79. The lowest BCUT2D eigenvalue weighted by atomic mass is 9.93. The summed E-state index contributed by atoms with van der Waals surface area (Å²) in [5.41, 5.74) is 5.71. The fourth-order valence-corrected chi connectivity index (χ4v) is 2.84. The molecule has 0 aromatic rings. The highest BCUT2D eigenvalue weighted by Gasteiger charge is 2.26. The first-order valence-corrected chi connectivity index (χ1v) is 7.09. The maximum atomic E-state index is 12.3. The van der Waals surface area contributed by atoms with E-state index < -0.39 is 0 Å². The Morgan fingerprint density at radius 2 is 2.17 bits per heavy atom. The van der Waals surface area contributed by atoms with Crippen LogP contribution in [0.3, 0.4) is 0 Å². The Morgan fingerprint density at radius 3 is 2.67 bits per heavy atom. The van der Waals surface area contributed by atoms with Crippen molar-refractivity contribution in [2.24, 2.45) is 23.5 Å². The summed E-state index contributed by atoms with van der Waals surface area (Å²) in [5, 5.41) is 0. The molecule has 0 radical (unpaired) electrons. The van der Waals surface area contributed by atoms with Crippen LogP contribution in [0.2, 0.25) is 0 Å². The van der Waals surface area contributed by atoms with Gasteiger partial charge in [0.05, 0.1) is 5.92 Å². The predicted octanol–water partition coefficient (Wildman–Crippen LogP) is 1.02. The van der Waals surface area contributed by atoms with E-state index in [1.165, 1.54) is 19.4 Å². The zero-order valence-electron chi connectivity index (χ0n) is 12.4. The summed E-state index contributed by atoms with van der Waals surface area (Å²) in [7, 11) is 4.08. The molecule has 2 N–H and O–H groups in total. The quantitative estimate of drug-likeness (QED) is 0.798. The number of piperidine rings is 1. The van der Waals surface area contributed by atoms with Crippen LogP contribution < -0.4 is 5.73 Å². The summed E-state index contributed by atoms with van der Waals surface area (Å²) >= 11 is 0. The molecule has 0 aliphatic carbocycles. The third-order valence-electron chi connectivity index (χ3n) is 4.01. The van der Waals surface area contributed by atoms with Gasteiger partial charge in [-0.1, -0.05) is 13.8 Å². The third kappa shape index (κ3) is 4.25. The third-order valence-corrected chi connectivity index (χ3v) is 4.01. The van der Waals surface area contributed by atoms with Crippen molar-refractivity contribution >= 4 is 5.91 Å². The maximum Gasteiger partial charge on any atom is 0.226 e. The largest absolute Gasteiger partial charge is 0.345 e. The second-order valence-electron chi connectivity index (χ2n) is 6.08. The van der Waals surface area contributed by atoms with Crippen molar-refractivity contribution in [1.82, 2.24) is 9.80 Å². The number of nitrogens with two attached hydrogens (primary N) is 1. The Kier molecular flexibility index (Phi) is 6.09. The van der Waals surface area contributed by atoms with Crippen molar-refractivity contribution in [2.45, 2.75) is 26.7 Å². The number of hydrogen-bond acceptors (Lipinski definition) is 3. The number of hydrogen-bond donors (Lipinski definition) is 1. The SMILES string of the molecule is CC(C)C(CN)C(=O)N(C)CC1CCCN(C)C1. The molecule has 18 heavy (non-hydrogen) atoms. The molecule has 0 bridgehead atoms. The van der Waals surface area contributed by atoms with Gasteiger partial charge in [-0.25, -0.2) is 0 Å². The van der Waals surface area contributed by atoms with Crippen molar-refractivity contribution in [2.75, 3.05) is 40.3 Å². The average molecular weight is 255 g/mol. The molecule has 1 heterocycles. The summed E-state index contributed by atoms with van der Waals surface area (Å²) in [4.78, 5) is 16.5. The van der Waals surface area contributed by atoms with Crippen molar-refractivity contribution in [3.8, 4) is 0 Å². The zero-order chi connectivity index (χ0) is 13.7. The van der Waals surface area contributed by atoms with Crippen LogP contribution >= 0.6 is 0 Å². The molecule has 1 saturated heterocycles. The van der Waals surface area contributed by atoms with Crippen molar-refractivity contribution in [3.05, 3.63) is 0 Å². The number of nitrogens with zero attached hydrogens (tertiary/aromatic N) is 2. The van der Waals surface area contributed by atoms with Crippen LogP contribution in [0.5, 0.6) is 0 Å². The Balaban J connectivity index is 2.48. The number of carbonyl (C=O) groups is 1. The van der Waals surface area contributed by atoms with Crippen LogP contribution in [0, 0.1) is 17.8 Å². The lowest BCUT2D eigenvalue weighted by Crippen LogP contribution is -2.44. The van der Waals surface area contributed by atoms with Crippen LogP contribution in [-0.4, -0.2) is 56.0 Å². The molecule has 4 nitrogen and oxygen atoms in total. The van der Waals surface area contributed by atoms with E-state index in [2.05, 4.69) is 25.8 Å². The maximum absolute atomic E-state index is 12.3. The highest BCUT2D eigenvalue weighted by Crippen LogP contribution is 2.18. The van der Waals surface area contributed by atoms with E-state index in [1.54, 1.807) is 0 Å². The standard InChI is InChI=1S/C14H29N3O/c1-11(2)13(8-15)14(18)17(4)10-12-6-5-7-16(3)9-12/h11-13H,5-10,15H2,1-4H3. The van der Waals surface area contributed by atoms with E-state index in [4.69, 9.17) is 5.73 Å². The minimum absolute atomic E-state index is 0.0312. The molecule has 1 aliphatic rings. The molecule has 0 spiro atoms. The fourth-order valence-electron chi connectivity index (χ4n) is 2.84. The number of amides is 1. The molecule has 1 aliphatic heterocycles. The molecule has 0 aromatic carbocycles. The summed E-state index contributed by atoms with van der Waals surface area (Å²) in [5.74, 6) is 1.11. The molecule has 2 atom stereocenters. The van der Waals surface area contributed by atoms with Gasteiger partial charge >= 0.3 is 0 Å². The van der Waals surface area contributed by atoms with Crippen LogP contribution in [0.25, 0.3) is 0 Å². The van der Waals surface area contributed by atoms with Gasteiger partial charge < -0.3 is 15.5 Å². The van der Waals surface area contributed by atoms with Crippen LogP contribution in [-0.2, 0) is 4.79 Å². The van der Waals surface area contributed by atoms with E-state index in [1.807, 2.05) is 11.9 Å². The van der Waals surface area contributed by atoms with Crippen LogP contribution in [0.1, 0.15) is 26.7 Å². The van der Waals surface area contributed by atoms with E-state index in [0.717, 1.165) is 13.1 Å². The van der Waals surface area contributed by atoms with Crippen LogP contribution in [0.15, 0.2) is 0 Å². The molecule has 1 amide bonds. The summed E-state index contributed by atoms with van der Waals surface area (Å²) in [6.45, 7) is 7.74. The zero-order valence-corrected chi connectivity index (χ0v) is 12.4. The predicted molar refractivity (Wildman–Crippen MR) is 75.2 cm³/mol. The first-order chi connectivity index (χ1) is 8.45. The molecular weight excluding hydrogens is 226 g/mol. The molecule has 1 fully saturated rings. The van der Waals surface area contributed by atoms with E-state index in [0.29, 0.717) is 18.4 Å². The minimum atomic E-state index is -0.0312. The Labute approximate surface area is 111 Å². The first-order valence-electron chi connectivity index (χ1n) is 7.09. The van der Waals surface area contributed by atoms with Gasteiger partial charge in [0.1, 0.15) is 0 Å². The van der Waals surface area contributed by atoms with Gasteiger partial charge in [0, 0.05) is 26.7 Å². The molecule has 2 unspecified atom stereocenters. The van der Waals surface area contributed by atoms with Gasteiger partial charge in [0.25, 0.3) is 0 Å². The highest BCUT2D eigenvalue weighted by atomic mass is 16.2. The Hall–Kier alpha value is -0.610. The molecule has 0 aromatic heterocycles. The summed E-state index contributed by atoms with van der Waals surface area (Å²) < 4.78 is 0. The van der Waals surface area contributed by atoms with Crippen molar-refractivity contribution < 1.29 is 4.79 Å². The fraction of sp³-hybridized carbons (Fsp3) is 0.929. The van der Waals surface area contributed by atoms with Gasteiger partial charge in [-0.15, -0.1) is 0 Å². The van der Waals surface area contributed by atoms with Gasteiger partial charge in [-0.3, -0.25) is 4.79 Å². The van der Waals surface area contributed by atoms with E-state index in [-0.39, 0.29) is 11.8 Å². The summed E-state index contributed by atoms with van der Waals surface area (Å²) in [6.07, 6.45) is 2.48. The second kappa shape index (κ2) is 7.10. The molecular formula is C14H29N3O. The lowest BCUT2D eigenvalue weighted by Gasteiger charge is -2.34. The Bertz CT molecular complexity index is 268. The molecule has 0 saturated carbocycles. The van der Waals surface area contributed by atoms with E-state index >= 15 is 0 Å². The van der Waals surface area contributed by atoms with Gasteiger partial charge in [-0.05, 0) is 38.3 Å². The van der Waals surface area contributed by atoms with Crippen LogP contribution in [0.4, 0.5) is 0 Å². The number of rotatable bonds is 5. The monoisotopic (exact) mass is 255 g/mol. The van der Waals surface area contributed by atoms with Gasteiger partial charge in [0.15, 0.2) is 0 Å². The summed E-state index contributed by atoms with van der Waals surface area (Å²) in [6, 6.07) is 0. The normalized spacial score (nSPS) is 23.1. The molecule has 1 rings (SSSR count). The van der Waals surface area contributed by atoms with Crippen molar-refractivity contribution in [3.63, 3.8) is 0 Å². The number of likely N-dealkylation sites (tertiary alicyclic amines) is 1. The van der Waals surface area contributed by atoms with Gasteiger partial charge in [0.2, 0.25) is 5.91 Å². The van der Waals surface area contributed by atoms with Crippen molar-refractivity contribution in [1.29, 1.82) is 0 Å². The second-order valence-corrected chi connectivity index (χ2v) is 6.08. The Morgan fingerprint density at radius 1 is 1.50 bits per heavy atom. The first kappa shape index (κ1) is 15.4. The lowest BCUT2D eigenvalue weighted by molar-refractivity contribution is -0.136. The molecule has 106 valence electrons.